The number of aromatic nitrogens is 1. The molecule has 0 unspecified atom stereocenters. The van der Waals surface area contributed by atoms with E-state index in [1.165, 1.54) is 6.07 Å². The van der Waals surface area contributed by atoms with Crippen molar-refractivity contribution in [3.63, 3.8) is 0 Å². The molecule has 7 nitrogen and oxygen atoms in total. The van der Waals surface area contributed by atoms with E-state index in [1.807, 2.05) is 37.3 Å². The van der Waals surface area contributed by atoms with Crippen LogP contribution in [-0.2, 0) is 4.74 Å². The second-order valence-electron chi connectivity index (χ2n) is 8.58. The number of nitrogens with one attached hydrogen (secondary N) is 2. The lowest BCUT2D eigenvalue weighted by Gasteiger charge is -2.21. The number of hydrogen-bond acceptors (Lipinski definition) is 5. The molecule has 2 amide bonds. The third-order valence-electron chi connectivity index (χ3n) is 6.15. The van der Waals surface area contributed by atoms with Gasteiger partial charge in [0.2, 0.25) is 5.88 Å². The van der Waals surface area contributed by atoms with Gasteiger partial charge in [-0.05, 0) is 30.7 Å². The topological polar surface area (TPSA) is 75.7 Å². The summed E-state index contributed by atoms with van der Waals surface area (Å²) < 4.78 is 38.3. The average Bonchev–Trinajstić information content (AvgIpc) is 3.28. The molecule has 2 atom stereocenters. The predicted octanol–water partition coefficient (Wildman–Crippen LogP) is 4.66. The fourth-order valence-electron chi connectivity index (χ4n) is 4.43. The van der Waals surface area contributed by atoms with E-state index in [1.54, 1.807) is 25.3 Å². The monoisotopic (exact) mass is 496 g/mol. The first-order chi connectivity index (χ1) is 17.5. The quantitative estimate of drug-likeness (QED) is 0.451. The van der Waals surface area contributed by atoms with Crippen LogP contribution in [-0.4, -0.2) is 61.9 Å². The number of anilines is 1. The summed E-state index contributed by atoms with van der Waals surface area (Å²) in [7, 11) is 1.63. The molecule has 1 saturated heterocycles. The van der Waals surface area contributed by atoms with Crippen LogP contribution in [0.4, 0.5) is 19.3 Å². The highest BCUT2D eigenvalue weighted by atomic mass is 19.2. The lowest BCUT2D eigenvalue weighted by atomic mass is 9.94. The first-order valence-corrected chi connectivity index (χ1v) is 11.9. The standard InChI is InChI=1S/C27H30F2N4O3/c1-3-36-25-12-11-23(26(32-25)18-7-5-4-6-8-18)30-27(34)31-24-17-33(13-14-35-2)16-20(24)19-9-10-21(28)22(29)15-19/h4-12,15,20,24H,3,13-14,16-17H2,1-2H3,(H2,30,31,34)/t20-,24+/m0/s1. The number of ether oxygens (including phenoxy) is 2. The molecule has 2 heterocycles. The Balaban J connectivity index is 1.54. The lowest BCUT2D eigenvalue weighted by molar-refractivity contribution is 0.159. The van der Waals surface area contributed by atoms with Crippen molar-refractivity contribution >= 4 is 11.7 Å². The smallest absolute Gasteiger partial charge is 0.319 e. The molecule has 36 heavy (non-hydrogen) atoms. The molecule has 190 valence electrons. The number of hydrogen-bond donors (Lipinski definition) is 2. The minimum absolute atomic E-state index is 0.213. The average molecular weight is 497 g/mol. The highest BCUT2D eigenvalue weighted by Gasteiger charge is 2.35. The second-order valence-corrected chi connectivity index (χ2v) is 8.58. The van der Waals surface area contributed by atoms with Gasteiger partial charge in [0.25, 0.3) is 0 Å². The highest BCUT2D eigenvalue weighted by molar-refractivity contribution is 5.93. The fraction of sp³-hybridized carbons (Fsp3) is 0.333. The van der Waals surface area contributed by atoms with E-state index in [4.69, 9.17) is 9.47 Å². The number of likely N-dealkylation sites (tertiary alicyclic amines) is 1. The van der Waals surface area contributed by atoms with Gasteiger partial charge in [0.1, 0.15) is 0 Å². The van der Waals surface area contributed by atoms with E-state index < -0.39 is 17.7 Å². The first-order valence-electron chi connectivity index (χ1n) is 11.9. The van der Waals surface area contributed by atoms with Crippen molar-refractivity contribution in [3.05, 3.63) is 77.9 Å². The molecular weight excluding hydrogens is 466 g/mol. The number of halogens is 2. The van der Waals surface area contributed by atoms with E-state index in [-0.39, 0.29) is 12.0 Å². The molecular formula is C27H30F2N4O3. The zero-order valence-electron chi connectivity index (χ0n) is 20.3. The van der Waals surface area contributed by atoms with Crippen molar-refractivity contribution in [1.29, 1.82) is 0 Å². The van der Waals surface area contributed by atoms with Crippen LogP contribution >= 0.6 is 0 Å². The zero-order chi connectivity index (χ0) is 25.5. The van der Waals surface area contributed by atoms with Crippen molar-refractivity contribution < 1.29 is 23.0 Å². The van der Waals surface area contributed by atoms with Gasteiger partial charge in [-0.25, -0.2) is 18.6 Å². The molecule has 1 fully saturated rings. The largest absolute Gasteiger partial charge is 0.478 e. The van der Waals surface area contributed by atoms with Gasteiger partial charge in [-0.3, -0.25) is 4.90 Å². The summed E-state index contributed by atoms with van der Waals surface area (Å²) in [5.41, 5.74) is 2.58. The maximum atomic E-state index is 14.0. The Morgan fingerprint density at radius 3 is 2.61 bits per heavy atom. The van der Waals surface area contributed by atoms with Crippen molar-refractivity contribution in [2.75, 3.05) is 45.3 Å². The normalized spacial score (nSPS) is 17.7. The fourth-order valence-corrected chi connectivity index (χ4v) is 4.43. The molecule has 0 saturated carbocycles. The number of benzene rings is 2. The Hall–Kier alpha value is -3.56. The van der Waals surface area contributed by atoms with Gasteiger partial charge < -0.3 is 20.1 Å². The van der Waals surface area contributed by atoms with Gasteiger partial charge in [0, 0.05) is 44.3 Å². The van der Waals surface area contributed by atoms with Crippen molar-refractivity contribution in [3.8, 4) is 17.1 Å². The number of pyridine rings is 1. The number of nitrogens with zero attached hydrogens (tertiary/aromatic N) is 2. The van der Waals surface area contributed by atoms with Crippen LogP contribution in [0.2, 0.25) is 0 Å². The molecule has 0 radical (unpaired) electrons. The minimum Gasteiger partial charge on any atom is -0.478 e. The van der Waals surface area contributed by atoms with Crippen LogP contribution in [0.5, 0.6) is 5.88 Å². The lowest BCUT2D eigenvalue weighted by Crippen LogP contribution is -2.42. The van der Waals surface area contributed by atoms with Gasteiger partial charge in [-0.2, -0.15) is 0 Å². The van der Waals surface area contributed by atoms with Gasteiger partial charge in [-0.15, -0.1) is 0 Å². The Kier molecular flexibility index (Phi) is 8.45. The molecule has 3 aromatic rings. The van der Waals surface area contributed by atoms with Gasteiger partial charge in [-0.1, -0.05) is 36.4 Å². The second kappa shape index (κ2) is 11.9. The van der Waals surface area contributed by atoms with Crippen LogP contribution in [0.15, 0.2) is 60.7 Å². The molecule has 2 aromatic carbocycles. The minimum atomic E-state index is -0.904. The van der Waals surface area contributed by atoms with E-state index in [2.05, 4.69) is 20.5 Å². The molecule has 1 aliphatic rings. The van der Waals surface area contributed by atoms with E-state index in [0.717, 1.165) is 11.6 Å². The van der Waals surface area contributed by atoms with E-state index in [0.29, 0.717) is 55.7 Å². The molecule has 4 rings (SSSR count). The number of rotatable bonds is 9. The maximum Gasteiger partial charge on any atom is 0.319 e. The van der Waals surface area contributed by atoms with Gasteiger partial charge in [0.15, 0.2) is 11.6 Å². The Morgan fingerprint density at radius 2 is 1.89 bits per heavy atom. The number of amides is 2. The van der Waals surface area contributed by atoms with Crippen LogP contribution in [0.3, 0.4) is 0 Å². The molecule has 1 aliphatic heterocycles. The predicted molar refractivity (Wildman–Crippen MR) is 134 cm³/mol. The maximum absolute atomic E-state index is 14.0. The van der Waals surface area contributed by atoms with Crippen LogP contribution in [0.25, 0.3) is 11.3 Å². The highest BCUT2D eigenvalue weighted by Crippen LogP contribution is 2.30. The summed E-state index contributed by atoms with van der Waals surface area (Å²) in [6.07, 6.45) is 0. The SMILES string of the molecule is CCOc1ccc(NC(=O)N[C@@H]2CN(CCOC)C[C@H]2c2ccc(F)c(F)c2)c(-c2ccccc2)n1. The number of methoxy groups -OCH3 is 1. The van der Waals surface area contributed by atoms with E-state index in [9.17, 15) is 13.6 Å². The summed E-state index contributed by atoms with van der Waals surface area (Å²) in [5.74, 6) is -1.55. The summed E-state index contributed by atoms with van der Waals surface area (Å²) in [6.45, 7) is 4.68. The number of carbonyl (C=O) groups is 1. The van der Waals surface area contributed by atoms with E-state index >= 15 is 0 Å². The Bertz CT molecular complexity index is 1180. The molecule has 1 aromatic heterocycles. The van der Waals surface area contributed by atoms with Crippen LogP contribution in [0.1, 0.15) is 18.4 Å². The Morgan fingerprint density at radius 1 is 1.08 bits per heavy atom. The molecule has 2 N–H and O–H groups in total. The van der Waals surface area contributed by atoms with Crippen molar-refractivity contribution in [1.82, 2.24) is 15.2 Å². The third-order valence-corrected chi connectivity index (χ3v) is 6.15. The number of carbonyl (C=O) groups excluding carboxylic acids is 1. The molecule has 0 aliphatic carbocycles. The molecule has 9 heteroatoms. The summed E-state index contributed by atoms with van der Waals surface area (Å²) in [6, 6.07) is 16.1. The third kappa shape index (κ3) is 6.16. The first kappa shape index (κ1) is 25.5. The summed E-state index contributed by atoms with van der Waals surface area (Å²) in [5, 5.41) is 5.94. The van der Waals surface area contributed by atoms with Crippen LogP contribution < -0.4 is 15.4 Å². The molecule has 0 bridgehead atoms. The summed E-state index contributed by atoms with van der Waals surface area (Å²) >= 11 is 0. The summed E-state index contributed by atoms with van der Waals surface area (Å²) in [4.78, 5) is 19.8. The van der Waals surface area contributed by atoms with Crippen LogP contribution in [0, 0.1) is 11.6 Å². The van der Waals surface area contributed by atoms with Gasteiger partial charge >= 0.3 is 6.03 Å². The van der Waals surface area contributed by atoms with Crippen molar-refractivity contribution in [2.45, 2.75) is 18.9 Å². The van der Waals surface area contributed by atoms with Crippen molar-refractivity contribution in [2.24, 2.45) is 0 Å². The molecule has 0 spiro atoms. The van der Waals surface area contributed by atoms with Gasteiger partial charge in [0.05, 0.1) is 30.6 Å². The zero-order valence-corrected chi connectivity index (χ0v) is 20.3. The number of urea groups is 1. The Labute approximate surface area is 209 Å².